The maximum Gasteiger partial charge on any atom is 0.0646 e. The smallest absolute Gasteiger partial charge is 0.0646 e. The fraction of sp³-hybridized carbons (Fsp3) is 0.100. The Bertz CT molecular complexity index is 419. The van der Waals surface area contributed by atoms with Crippen LogP contribution in [0.1, 0.15) is 5.56 Å². The Morgan fingerprint density at radius 3 is 2.57 bits per heavy atom. The Morgan fingerprint density at radius 1 is 1.29 bits per heavy atom. The summed E-state index contributed by atoms with van der Waals surface area (Å²) < 4.78 is 1.78. The van der Waals surface area contributed by atoms with Gasteiger partial charge in [-0.2, -0.15) is 5.10 Å². The SMILES string of the molecule is NCc1cnn(-c2ccc(Cl)cc2)c1. The molecule has 0 aliphatic heterocycles. The largest absolute Gasteiger partial charge is 0.326 e. The lowest BCUT2D eigenvalue weighted by molar-refractivity contribution is 0.879. The molecule has 14 heavy (non-hydrogen) atoms. The molecule has 2 N–H and O–H groups in total. The van der Waals surface area contributed by atoms with E-state index in [4.69, 9.17) is 17.3 Å². The van der Waals surface area contributed by atoms with Gasteiger partial charge in [-0.3, -0.25) is 0 Å². The summed E-state index contributed by atoms with van der Waals surface area (Å²) >= 11 is 5.78. The lowest BCUT2D eigenvalue weighted by atomic mass is 10.3. The molecule has 0 unspecified atom stereocenters. The highest BCUT2D eigenvalue weighted by Gasteiger charge is 1.98. The number of rotatable bonds is 2. The van der Waals surface area contributed by atoms with Crippen molar-refractivity contribution in [3.8, 4) is 5.69 Å². The summed E-state index contributed by atoms with van der Waals surface area (Å²) in [5.41, 5.74) is 7.49. The first-order chi connectivity index (χ1) is 6.79. The molecule has 1 aromatic carbocycles. The molecule has 0 aliphatic carbocycles. The van der Waals surface area contributed by atoms with E-state index < -0.39 is 0 Å². The van der Waals surface area contributed by atoms with Crippen molar-refractivity contribution in [2.75, 3.05) is 0 Å². The third-order valence-corrected chi connectivity index (χ3v) is 2.21. The van der Waals surface area contributed by atoms with Gasteiger partial charge in [0.2, 0.25) is 0 Å². The van der Waals surface area contributed by atoms with Gasteiger partial charge in [0.25, 0.3) is 0 Å². The summed E-state index contributed by atoms with van der Waals surface area (Å²) in [6.45, 7) is 0.508. The zero-order valence-corrected chi connectivity index (χ0v) is 8.28. The monoisotopic (exact) mass is 207 g/mol. The molecule has 72 valence electrons. The lowest BCUT2D eigenvalue weighted by Gasteiger charge is -1.99. The number of hydrogen-bond acceptors (Lipinski definition) is 2. The topological polar surface area (TPSA) is 43.8 Å². The van der Waals surface area contributed by atoms with Gasteiger partial charge in [0.1, 0.15) is 0 Å². The zero-order valence-electron chi connectivity index (χ0n) is 7.52. The van der Waals surface area contributed by atoms with Crippen LogP contribution < -0.4 is 5.73 Å². The van der Waals surface area contributed by atoms with Crippen LogP contribution in [0.4, 0.5) is 0 Å². The van der Waals surface area contributed by atoms with Crippen molar-refractivity contribution in [1.29, 1.82) is 0 Å². The highest BCUT2D eigenvalue weighted by atomic mass is 35.5. The van der Waals surface area contributed by atoms with Gasteiger partial charge in [-0.25, -0.2) is 4.68 Å². The van der Waals surface area contributed by atoms with E-state index in [0.717, 1.165) is 16.3 Å². The van der Waals surface area contributed by atoms with Crippen LogP contribution in [0, 0.1) is 0 Å². The van der Waals surface area contributed by atoms with Gasteiger partial charge in [-0.1, -0.05) is 11.6 Å². The molecule has 0 aliphatic rings. The van der Waals surface area contributed by atoms with E-state index in [0.29, 0.717) is 6.54 Å². The maximum absolute atomic E-state index is 5.78. The van der Waals surface area contributed by atoms with Crippen LogP contribution in [-0.2, 0) is 6.54 Å². The molecule has 0 saturated heterocycles. The number of benzene rings is 1. The predicted molar refractivity (Wildman–Crippen MR) is 56.5 cm³/mol. The van der Waals surface area contributed by atoms with Crippen LogP contribution in [0.25, 0.3) is 5.69 Å². The van der Waals surface area contributed by atoms with E-state index in [1.807, 2.05) is 30.5 Å². The van der Waals surface area contributed by atoms with Gasteiger partial charge in [0.05, 0.1) is 11.9 Å². The Hall–Kier alpha value is -1.32. The van der Waals surface area contributed by atoms with Crippen molar-refractivity contribution in [3.63, 3.8) is 0 Å². The first-order valence-corrected chi connectivity index (χ1v) is 4.67. The van der Waals surface area contributed by atoms with Crippen LogP contribution in [0.2, 0.25) is 5.02 Å². The lowest BCUT2D eigenvalue weighted by Crippen LogP contribution is -1.95. The van der Waals surface area contributed by atoms with Gasteiger partial charge in [-0.05, 0) is 24.3 Å². The number of aromatic nitrogens is 2. The Labute approximate surface area is 87.1 Å². The molecule has 3 nitrogen and oxygen atoms in total. The first kappa shape index (κ1) is 9.24. The fourth-order valence-corrected chi connectivity index (χ4v) is 1.33. The third kappa shape index (κ3) is 1.78. The summed E-state index contributed by atoms with van der Waals surface area (Å²) in [7, 11) is 0. The standard InChI is InChI=1S/C10H10ClN3/c11-9-1-3-10(4-2-9)14-7-8(5-12)6-13-14/h1-4,6-7H,5,12H2. The Morgan fingerprint density at radius 2 is 2.00 bits per heavy atom. The minimum atomic E-state index is 0.508. The highest BCUT2D eigenvalue weighted by molar-refractivity contribution is 6.30. The molecule has 1 aromatic heterocycles. The van der Waals surface area contributed by atoms with Crippen molar-refractivity contribution < 1.29 is 0 Å². The van der Waals surface area contributed by atoms with Gasteiger partial charge >= 0.3 is 0 Å². The second-order valence-corrected chi connectivity index (χ2v) is 3.41. The van der Waals surface area contributed by atoms with E-state index in [1.54, 1.807) is 10.9 Å². The number of hydrogen-bond donors (Lipinski definition) is 1. The molecular formula is C10H10ClN3. The minimum absolute atomic E-state index is 0.508. The predicted octanol–water partition coefficient (Wildman–Crippen LogP) is 1.98. The Balaban J connectivity index is 2.34. The van der Waals surface area contributed by atoms with Gasteiger partial charge in [0, 0.05) is 23.3 Å². The molecule has 0 saturated carbocycles. The molecule has 4 heteroatoms. The summed E-state index contributed by atoms with van der Waals surface area (Å²) in [4.78, 5) is 0. The Kier molecular flexibility index (Phi) is 2.52. The second-order valence-electron chi connectivity index (χ2n) is 2.97. The summed E-state index contributed by atoms with van der Waals surface area (Å²) in [5, 5.41) is 4.90. The molecule has 0 radical (unpaired) electrons. The van der Waals surface area contributed by atoms with Gasteiger partial charge < -0.3 is 5.73 Å². The molecule has 0 spiro atoms. The van der Waals surface area contributed by atoms with E-state index in [1.165, 1.54) is 0 Å². The van der Waals surface area contributed by atoms with Crippen LogP contribution in [0.15, 0.2) is 36.7 Å². The van der Waals surface area contributed by atoms with Gasteiger partial charge in [-0.15, -0.1) is 0 Å². The summed E-state index contributed by atoms with van der Waals surface area (Å²) in [6, 6.07) is 7.49. The van der Waals surface area contributed by atoms with Crippen LogP contribution >= 0.6 is 11.6 Å². The third-order valence-electron chi connectivity index (χ3n) is 1.96. The van der Waals surface area contributed by atoms with Crippen LogP contribution in [0.3, 0.4) is 0 Å². The minimum Gasteiger partial charge on any atom is -0.326 e. The highest BCUT2D eigenvalue weighted by Crippen LogP contribution is 2.13. The molecule has 0 fully saturated rings. The molecule has 0 bridgehead atoms. The van der Waals surface area contributed by atoms with E-state index >= 15 is 0 Å². The van der Waals surface area contributed by atoms with Crippen molar-refractivity contribution in [2.45, 2.75) is 6.54 Å². The van der Waals surface area contributed by atoms with Gasteiger partial charge in [0.15, 0.2) is 0 Å². The van der Waals surface area contributed by atoms with E-state index in [2.05, 4.69) is 5.10 Å². The number of nitrogens with two attached hydrogens (primary N) is 1. The fourth-order valence-electron chi connectivity index (χ4n) is 1.20. The molecule has 0 atom stereocenters. The van der Waals surface area contributed by atoms with Crippen LogP contribution in [-0.4, -0.2) is 9.78 Å². The zero-order chi connectivity index (χ0) is 9.97. The maximum atomic E-state index is 5.78. The second kappa shape index (κ2) is 3.82. The van der Waals surface area contributed by atoms with E-state index in [9.17, 15) is 0 Å². The van der Waals surface area contributed by atoms with Crippen molar-refractivity contribution in [3.05, 3.63) is 47.2 Å². The van der Waals surface area contributed by atoms with Crippen molar-refractivity contribution >= 4 is 11.6 Å². The average molecular weight is 208 g/mol. The molecule has 2 rings (SSSR count). The number of nitrogens with zero attached hydrogens (tertiary/aromatic N) is 2. The molecule has 2 aromatic rings. The molecule has 0 amide bonds. The van der Waals surface area contributed by atoms with E-state index in [-0.39, 0.29) is 0 Å². The quantitative estimate of drug-likeness (QED) is 0.819. The first-order valence-electron chi connectivity index (χ1n) is 4.29. The number of halogens is 1. The molecule has 1 heterocycles. The van der Waals surface area contributed by atoms with Crippen LogP contribution in [0.5, 0.6) is 0 Å². The summed E-state index contributed by atoms with van der Waals surface area (Å²) in [6.07, 6.45) is 3.66. The average Bonchev–Trinajstić information content (AvgIpc) is 2.67. The normalized spacial score (nSPS) is 10.4. The molecular weight excluding hydrogens is 198 g/mol. The van der Waals surface area contributed by atoms with Crippen molar-refractivity contribution in [1.82, 2.24) is 9.78 Å². The van der Waals surface area contributed by atoms with Crippen molar-refractivity contribution in [2.24, 2.45) is 5.73 Å². The summed E-state index contributed by atoms with van der Waals surface area (Å²) in [5.74, 6) is 0.